The number of nitrogens with one attached hydrogen (secondary N) is 2. The Kier molecular flexibility index (Phi) is 5.95. The number of carbonyl (C=O) groups is 2. The first-order valence-electron chi connectivity index (χ1n) is 11.6. The largest absolute Gasteiger partial charge is 0.495 e. The van der Waals surface area contributed by atoms with Crippen LogP contribution >= 0.6 is 0 Å². The minimum atomic E-state index is -0.635. The summed E-state index contributed by atoms with van der Waals surface area (Å²) in [6.07, 6.45) is -0.152. The van der Waals surface area contributed by atoms with Gasteiger partial charge in [0, 0.05) is 38.8 Å². The van der Waals surface area contributed by atoms with E-state index in [0.29, 0.717) is 32.7 Å². The number of anilines is 2. The average molecular weight is 450 g/mol. The Balaban J connectivity index is 1.24. The number of carbonyl (C=O) groups excluding carboxylic acids is 2. The Morgan fingerprint density at radius 3 is 2.42 bits per heavy atom. The van der Waals surface area contributed by atoms with Crippen LogP contribution in [0.2, 0.25) is 0 Å². The summed E-state index contributed by atoms with van der Waals surface area (Å²) in [6.45, 7) is 5.00. The van der Waals surface area contributed by atoms with Gasteiger partial charge in [-0.3, -0.25) is 19.9 Å². The van der Waals surface area contributed by atoms with Gasteiger partial charge >= 0.3 is 0 Å². The molecule has 1 amide bonds. The SMILES string of the molecule is COc1ccccc1N1CCN(C(=O)C2CNC3C(C2=O)C(C)NN3c2ccccc2)CC1. The van der Waals surface area contributed by atoms with Gasteiger partial charge in [0.25, 0.3) is 0 Å². The zero-order valence-corrected chi connectivity index (χ0v) is 19.1. The number of hydrogen-bond acceptors (Lipinski definition) is 7. The van der Waals surface area contributed by atoms with Crippen molar-refractivity contribution in [2.24, 2.45) is 11.8 Å². The molecule has 2 N–H and O–H groups in total. The highest BCUT2D eigenvalue weighted by atomic mass is 16.5. The van der Waals surface area contributed by atoms with E-state index in [1.807, 2.05) is 71.4 Å². The summed E-state index contributed by atoms with van der Waals surface area (Å²) in [5.74, 6) is -0.0993. The second kappa shape index (κ2) is 9.03. The Labute approximate surface area is 194 Å². The maximum absolute atomic E-state index is 13.5. The number of Topliss-reactive ketones (excluding diaryl/α,β-unsaturated/α-hetero) is 1. The van der Waals surface area contributed by atoms with Crippen LogP contribution in [-0.2, 0) is 9.59 Å². The summed E-state index contributed by atoms with van der Waals surface area (Å²) in [4.78, 5) is 30.9. The number of piperidine rings is 1. The molecular formula is C25H31N5O3. The van der Waals surface area contributed by atoms with Crippen molar-refractivity contribution < 1.29 is 14.3 Å². The monoisotopic (exact) mass is 449 g/mol. The number of methoxy groups -OCH3 is 1. The van der Waals surface area contributed by atoms with Gasteiger partial charge in [0.1, 0.15) is 17.8 Å². The summed E-state index contributed by atoms with van der Waals surface area (Å²) in [6, 6.07) is 17.9. The van der Waals surface area contributed by atoms with Crippen LogP contribution in [0.4, 0.5) is 11.4 Å². The Hall–Kier alpha value is -3.10. The van der Waals surface area contributed by atoms with Crippen molar-refractivity contribution in [2.45, 2.75) is 19.1 Å². The standard InChI is InChI=1S/C25H31N5O3/c1-17-22-23(31)19(16-26-24(22)30(27-17)18-8-4-3-5-9-18)25(32)29-14-12-28(13-15-29)20-10-6-7-11-21(20)33-2/h3-11,17,19,22,24,26-27H,12-16H2,1-2H3. The molecule has 174 valence electrons. The summed E-state index contributed by atoms with van der Waals surface area (Å²) in [5, 5.41) is 5.51. The molecule has 8 heteroatoms. The molecule has 5 rings (SSSR count). The molecule has 2 aromatic rings. The van der Waals surface area contributed by atoms with Gasteiger partial charge in [-0.2, -0.15) is 0 Å². The van der Waals surface area contributed by atoms with Gasteiger partial charge in [-0.25, -0.2) is 5.43 Å². The summed E-state index contributed by atoms with van der Waals surface area (Å²) >= 11 is 0. The molecule has 2 aromatic carbocycles. The zero-order chi connectivity index (χ0) is 22.9. The number of piperazine rings is 1. The molecule has 0 bridgehead atoms. The predicted molar refractivity (Wildman–Crippen MR) is 127 cm³/mol. The van der Waals surface area contributed by atoms with E-state index in [1.165, 1.54) is 0 Å². The number of nitrogens with zero attached hydrogens (tertiary/aromatic N) is 3. The van der Waals surface area contributed by atoms with E-state index in [2.05, 4.69) is 15.6 Å². The Morgan fingerprint density at radius 1 is 1.00 bits per heavy atom. The molecule has 0 spiro atoms. The van der Waals surface area contributed by atoms with Crippen LogP contribution in [-0.4, -0.2) is 68.6 Å². The molecule has 0 radical (unpaired) electrons. The van der Waals surface area contributed by atoms with Crippen molar-refractivity contribution in [1.29, 1.82) is 0 Å². The molecule has 3 heterocycles. The van der Waals surface area contributed by atoms with E-state index >= 15 is 0 Å². The number of benzene rings is 2. The minimum Gasteiger partial charge on any atom is -0.495 e. The van der Waals surface area contributed by atoms with Gasteiger partial charge in [0.05, 0.1) is 24.4 Å². The molecule has 4 unspecified atom stereocenters. The fourth-order valence-corrected chi connectivity index (χ4v) is 5.32. The highest BCUT2D eigenvalue weighted by Gasteiger charge is 2.51. The van der Waals surface area contributed by atoms with E-state index in [1.54, 1.807) is 7.11 Å². The molecule has 0 aliphatic carbocycles. The van der Waals surface area contributed by atoms with Crippen LogP contribution < -0.4 is 25.4 Å². The number of ketones is 1. The van der Waals surface area contributed by atoms with Crippen LogP contribution in [0.5, 0.6) is 5.75 Å². The van der Waals surface area contributed by atoms with Crippen LogP contribution in [0.25, 0.3) is 0 Å². The highest BCUT2D eigenvalue weighted by Crippen LogP contribution is 2.33. The van der Waals surface area contributed by atoms with Crippen molar-refractivity contribution in [2.75, 3.05) is 49.7 Å². The van der Waals surface area contributed by atoms with Gasteiger partial charge in [0.2, 0.25) is 5.91 Å². The number of fused-ring (bicyclic) bond motifs is 1. The maximum Gasteiger partial charge on any atom is 0.234 e. The van der Waals surface area contributed by atoms with Gasteiger partial charge in [-0.1, -0.05) is 30.3 Å². The third kappa shape index (κ3) is 3.94. The molecule has 3 saturated heterocycles. The molecule has 0 saturated carbocycles. The van der Waals surface area contributed by atoms with Gasteiger partial charge in [0.15, 0.2) is 5.78 Å². The lowest BCUT2D eigenvalue weighted by atomic mass is 9.82. The fourth-order valence-electron chi connectivity index (χ4n) is 5.32. The van der Waals surface area contributed by atoms with Crippen molar-refractivity contribution in [3.63, 3.8) is 0 Å². The van der Waals surface area contributed by atoms with Crippen molar-refractivity contribution in [3.05, 3.63) is 54.6 Å². The normalized spacial score (nSPS) is 27.5. The number of para-hydroxylation sites is 3. The number of amides is 1. The Bertz CT molecular complexity index is 1010. The summed E-state index contributed by atoms with van der Waals surface area (Å²) in [5.41, 5.74) is 5.47. The van der Waals surface area contributed by atoms with E-state index in [0.717, 1.165) is 17.1 Å². The zero-order valence-electron chi connectivity index (χ0n) is 19.1. The van der Waals surface area contributed by atoms with E-state index in [4.69, 9.17) is 4.74 Å². The second-order valence-electron chi connectivity index (χ2n) is 8.94. The molecular weight excluding hydrogens is 418 g/mol. The lowest BCUT2D eigenvalue weighted by Gasteiger charge is -2.40. The smallest absolute Gasteiger partial charge is 0.234 e. The molecule has 3 fully saturated rings. The summed E-state index contributed by atoms with van der Waals surface area (Å²) < 4.78 is 5.49. The predicted octanol–water partition coefficient (Wildman–Crippen LogP) is 1.49. The number of rotatable bonds is 4. The van der Waals surface area contributed by atoms with Crippen molar-refractivity contribution >= 4 is 23.1 Å². The molecule has 8 nitrogen and oxygen atoms in total. The van der Waals surface area contributed by atoms with Crippen LogP contribution in [0.3, 0.4) is 0 Å². The third-order valence-electron chi connectivity index (χ3n) is 7.05. The molecule has 3 aliphatic heterocycles. The Morgan fingerprint density at radius 2 is 1.70 bits per heavy atom. The lowest BCUT2D eigenvalue weighted by molar-refractivity contribution is -0.144. The minimum absolute atomic E-state index is 0.0364. The average Bonchev–Trinajstić information content (AvgIpc) is 3.21. The van der Waals surface area contributed by atoms with Crippen molar-refractivity contribution in [3.8, 4) is 5.75 Å². The van der Waals surface area contributed by atoms with Gasteiger partial charge < -0.3 is 14.5 Å². The number of hydrogen-bond donors (Lipinski definition) is 2. The molecule has 33 heavy (non-hydrogen) atoms. The van der Waals surface area contributed by atoms with E-state index < -0.39 is 5.92 Å². The van der Waals surface area contributed by atoms with Crippen LogP contribution in [0, 0.1) is 11.8 Å². The first kappa shape index (κ1) is 21.7. The third-order valence-corrected chi connectivity index (χ3v) is 7.05. The summed E-state index contributed by atoms with van der Waals surface area (Å²) in [7, 11) is 1.67. The maximum atomic E-state index is 13.5. The van der Waals surface area contributed by atoms with Gasteiger partial charge in [-0.15, -0.1) is 0 Å². The van der Waals surface area contributed by atoms with E-state index in [9.17, 15) is 9.59 Å². The molecule has 0 aromatic heterocycles. The quantitative estimate of drug-likeness (QED) is 0.685. The van der Waals surface area contributed by atoms with Crippen LogP contribution in [0.1, 0.15) is 6.92 Å². The molecule has 4 atom stereocenters. The lowest BCUT2D eigenvalue weighted by Crippen LogP contribution is -2.61. The highest BCUT2D eigenvalue weighted by molar-refractivity contribution is 6.04. The van der Waals surface area contributed by atoms with Crippen molar-refractivity contribution in [1.82, 2.24) is 15.6 Å². The first-order valence-corrected chi connectivity index (χ1v) is 11.6. The first-order chi connectivity index (χ1) is 16.1. The van der Waals surface area contributed by atoms with E-state index in [-0.39, 0.29) is 29.8 Å². The molecule has 3 aliphatic rings. The topological polar surface area (TPSA) is 77.1 Å². The second-order valence-corrected chi connectivity index (χ2v) is 8.94. The fraction of sp³-hybridized carbons (Fsp3) is 0.440. The number of ether oxygens (including phenoxy) is 1. The number of hydrazine groups is 1. The van der Waals surface area contributed by atoms with Gasteiger partial charge in [-0.05, 0) is 31.2 Å². The van der Waals surface area contributed by atoms with Crippen LogP contribution in [0.15, 0.2) is 54.6 Å².